The second kappa shape index (κ2) is 5.41. The number of H-pyrrole nitrogens is 1. The molecule has 1 amide bonds. The molecule has 2 aliphatic rings. The molecule has 0 bridgehead atoms. The largest absolute Gasteiger partial charge is 0.381 e. The van der Waals surface area contributed by atoms with E-state index in [-0.39, 0.29) is 18.5 Å². The number of carbonyl (C=O) groups is 1. The average Bonchev–Trinajstić information content (AvgIpc) is 2.99. The van der Waals surface area contributed by atoms with Crippen LogP contribution < -0.4 is 0 Å². The Morgan fingerprint density at radius 2 is 2.25 bits per heavy atom. The Morgan fingerprint density at radius 3 is 2.92 bits per heavy atom. The number of nitrogens with one attached hydrogen (secondary N) is 1. The summed E-state index contributed by atoms with van der Waals surface area (Å²) in [6, 6.07) is 0.181. The molecule has 3 heterocycles. The van der Waals surface area contributed by atoms with Gasteiger partial charge in [-0.05, 0) is 26.7 Å². The van der Waals surface area contributed by atoms with Gasteiger partial charge in [0.05, 0.1) is 30.2 Å². The van der Waals surface area contributed by atoms with Crippen molar-refractivity contribution in [2.75, 3.05) is 13.1 Å². The van der Waals surface area contributed by atoms with Crippen molar-refractivity contribution in [1.82, 2.24) is 30.1 Å². The SMILES string of the molecule is CC(C)n1cc(C2(O)CCN(C(=O)c3cn[nH]c3C3CC3)C2)nn1. The second-order valence-electron chi connectivity index (χ2n) is 7.16. The van der Waals surface area contributed by atoms with Crippen LogP contribution in [0.15, 0.2) is 12.4 Å². The molecular weight excluding hydrogens is 308 g/mol. The molecule has 0 radical (unpaired) electrons. The zero-order valence-corrected chi connectivity index (χ0v) is 13.9. The zero-order chi connectivity index (χ0) is 16.9. The second-order valence-corrected chi connectivity index (χ2v) is 7.16. The maximum atomic E-state index is 12.8. The molecule has 1 saturated heterocycles. The molecule has 2 aromatic rings. The third-order valence-electron chi connectivity index (χ3n) is 4.94. The number of carbonyl (C=O) groups excluding carboxylic acids is 1. The van der Waals surface area contributed by atoms with E-state index in [1.54, 1.807) is 22.0 Å². The summed E-state index contributed by atoms with van der Waals surface area (Å²) in [6.07, 6.45) is 6.04. The minimum absolute atomic E-state index is 0.0715. The first kappa shape index (κ1) is 15.3. The van der Waals surface area contributed by atoms with Crippen molar-refractivity contribution < 1.29 is 9.90 Å². The van der Waals surface area contributed by atoms with Gasteiger partial charge in [-0.15, -0.1) is 5.10 Å². The first-order chi connectivity index (χ1) is 11.5. The molecular formula is C16H22N6O2. The molecule has 1 atom stereocenters. The van der Waals surface area contributed by atoms with Gasteiger partial charge >= 0.3 is 0 Å². The van der Waals surface area contributed by atoms with Crippen LogP contribution in [-0.2, 0) is 5.60 Å². The maximum absolute atomic E-state index is 12.8. The predicted molar refractivity (Wildman–Crippen MR) is 85.4 cm³/mol. The van der Waals surface area contributed by atoms with E-state index in [0.717, 1.165) is 18.5 Å². The lowest BCUT2D eigenvalue weighted by Crippen LogP contribution is -2.35. The lowest BCUT2D eigenvalue weighted by Gasteiger charge is -2.21. The molecule has 2 aromatic heterocycles. The summed E-state index contributed by atoms with van der Waals surface area (Å²) in [5.74, 6) is 0.358. The Balaban J connectivity index is 1.52. The molecule has 8 nitrogen and oxygen atoms in total. The predicted octanol–water partition coefficient (Wildman–Crippen LogP) is 1.19. The molecule has 128 valence electrons. The van der Waals surface area contributed by atoms with Crippen molar-refractivity contribution in [3.05, 3.63) is 29.3 Å². The fraction of sp³-hybridized carbons (Fsp3) is 0.625. The maximum Gasteiger partial charge on any atom is 0.257 e. The van der Waals surface area contributed by atoms with E-state index in [2.05, 4.69) is 20.5 Å². The van der Waals surface area contributed by atoms with Gasteiger partial charge in [-0.1, -0.05) is 5.21 Å². The van der Waals surface area contributed by atoms with Gasteiger partial charge in [0.15, 0.2) is 0 Å². The van der Waals surface area contributed by atoms with E-state index in [9.17, 15) is 9.90 Å². The van der Waals surface area contributed by atoms with E-state index >= 15 is 0 Å². The van der Waals surface area contributed by atoms with Gasteiger partial charge in [0.25, 0.3) is 5.91 Å². The number of rotatable bonds is 4. The Kier molecular flexibility index (Phi) is 3.45. The highest BCUT2D eigenvalue weighted by atomic mass is 16.3. The monoisotopic (exact) mass is 330 g/mol. The van der Waals surface area contributed by atoms with Gasteiger partial charge in [-0.25, -0.2) is 4.68 Å². The van der Waals surface area contributed by atoms with Crippen LogP contribution in [0.4, 0.5) is 0 Å². The van der Waals surface area contributed by atoms with Gasteiger partial charge in [-0.3, -0.25) is 9.89 Å². The Hall–Kier alpha value is -2.22. The van der Waals surface area contributed by atoms with Crippen molar-refractivity contribution in [3.63, 3.8) is 0 Å². The third kappa shape index (κ3) is 2.50. The van der Waals surface area contributed by atoms with Crippen LogP contribution in [0.2, 0.25) is 0 Å². The standard InChI is InChI=1S/C16H22N6O2/c1-10(2)22-8-13(18-20-22)16(24)5-6-21(9-16)15(23)12-7-17-19-14(12)11-3-4-11/h7-8,10-11,24H,3-6,9H2,1-2H3,(H,17,19). The number of β-amino-alcohol motifs (C(OH)–C–C–N with tert-alkyl or cyclic N) is 1. The number of hydrogen-bond donors (Lipinski definition) is 2. The van der Waals surface area contributed by atoms with E-state index in [0.29, 0.717) is 30.1 Å². The van der Waals surface area contributed by atoms with Crippen LogP contribution in [0, 0.1) is 0 Å². The van der Waals surface area contributed by atoms with Crippen LogP contribution >= 0.6 is 0 Å². The summed E-state index contributed by atoms with van der Waals surface area (Å²) < 4.78 is 1.72. The van der Waals surface area contributed by atoms with Gasteiger partial charge < -0.3 is 10.0 Å². The fourth-order valence-electron chi connectivity index (χ4n) is 3.24. The van der Waals surface area contributed by atoms with Gasteiger partial charge in [0.2, 0.25) is 0 Å². The van der Waals surface area contributed by atoms with E-state index in [4.69, 9.17) is 0 Å². The summed E-state index contributed by atoms with van der Waals surface area (Å²) in [5, 5.41) is 26.1. The fourth-order valence-corrected chi connectivity index (χ4v) is 3.24. The lowest BCUT2D eigenvalue weighted by molar-refractivity contribution is 0.0381. The molecule has 8 heteroatoms. The third-order valence-corrected chi connectivity index (χ3v) is 4.94. The Labute approximate surface area is 139 Å². The molecule has 1 unspecified atom stereocenters. The van der Waals surface area contributed by atoms with Crippen LogP contribution in [-0.4, -0.2) is 54.2 Å². The van der Waals surface area contributed by atoms with Crippen molar-refractivity contribution in [2.45, 2.75) is 50.7 Å². The highest BCUT2D eigenvalue weighted by molar-refractivity contribution is 5.95. The van der Waals surface area contributed by atoms with Crippen LogP contribution in [0.1, 0.15) is 66.8 Å². The normalized spacial score (nSPS) is 24.1. The molecule has 1 aliphatic heterocycles. The van der Waals surface area contributed by atoms with Gasteiger partial charge in [0, 0.05) is 24.9 Å². The molecule has 0 aromatic carbocycles. The quantitative estimate of drug-likeness (QED) is 0.877. The van der Waals surface area contributed by atoms with Crippen molar-refractivity contribution in [2.24, 2.45) is 0 Å². The Bertz CT molecular complexity index is 762. The number of aromatic nitrogens is 5. The van der Waals surface area contributed by atoms with Crippen molar-refractivity contribution in [1.29, 1.82) is 0 Å². The number of nitrogens with zero attached hydrogens (tertiary/aromatic N) is 5. The highest BCUT2D eigenvalue weighted by Crippen LogP contribution is 2.41. The summed E-state index contributed by atoms with van der Waals surface area (Å²) in [5.41, 5.74) is 0.960. The highest BCUT2D eigenvalue weighted by Gasteiger charge is 2.43. The smallest absolute Gasteiger partial charge is 0.257 e. The molecule has 2 N–H and O–H groups in total. The zero-order valence-electron chi connectivity index (χ0n) is 13.9. The number of likely N-dealkylation sites (tertiary alicyclic amines) is 1. The van der Waals surface area contributed by atoms with E-state index in [1.165, 1.54) is 0 Å². The molecule has 24 heavy (non-hydrogen) atoms. The molecule has 1 saturated carbocycles. The summed E-state index contributed by atoms with van der Waals surface area (Å²) >= 11 is 0. The van der Waals surface area contributed by atoms with Crippen molar-refractivity contribution in [3.8, 4) is 0 Å². The number of aromatic amines is 1. The summed E-state index contributed by atoms with van der Waals surface area (Å²) in [4.78, 5) is 14.5. The summed E-state index contributed by atoms with van der Waals surface area (Å²) in [6.45, 7) is 4.74. The van der Waals surface area contributed by atoms with Crippen LogP contribution in [0.5, 0.6) is 0 Å². The Morgan fingerprint density at radius 1 is 1.46 bits per heavy atom. The minimum atomic E-state index is -1.13. The molecule has 4 rings (SSSR count). The topological polar surface area (TPSA) is 99.9 Å². The molecule has 2 fully saturated rings. The number of hydrogen-bond acceptors (Lipinski definition) is 5. The van der Waals surface area contributed by atoms with Crippen LogP contribution in [0.25, 0.3) is 0 Å². The minimum Gasteiger partial charge on any atom is -0.381 e. The number of aliphatic hydroxyl groups is 1. The first-order valence-electron chi connectivity index (χ1n) is 8.45. The van der Waals surface area contributed by atoms with Gasteiger partial charge in [-0.2, -0.15) is 5.10 Å². The molecule has 1 aliphatic carbocycles. The average molecular weight is 330 g/mol. The van der Waals surface area contributed by atoms with Gasteiger partial charge in [0.1, 0.15) is 11.3 Å². The van der Waals surface area contributed by atoms with Crippen molar-refractivity contribution >= 4 is 5.91 Å². The van der Waals surface area contributed by atoms with E-state index < -0.39 is 5.60 Å². The number of amides is 1. The van der Waals surface area contributed by atoms with E-state index in [1.807, 2.05) is 13.8 Å². The lowest BCUT2D eigenvalue weighted by atomic mass is 10.00. The summed E-state index contributed by atoms with van der Waals surface area (Å²) in [7, 11) is 0. The first-order valence-corrected chi connectivity index (χ1v) is 8.45. The molecule has 0 spiro atoms. The van der Waals surface area contributed by atoms with Crippen LogP contribution in [0.3, 0.4) is 0 Å².